The van der Waals surface area contributed by atoms with Crippen molar-refractivity contribution in [2.45, 2.75) is 64.0 Å². The molecule has 0 spiro atoms. The number of nitrogens with one attached hydrogen (secondary N) is 1. The van der Waals surface area contributed by atoms with E-state index in [-0.39, 0.29) is 18.4 Å². The molecule has 1 N–H and O–H groups in total. The molecule has 0 radical (unpaired) electrons. The van der Waals surface area contributed by atoms with Gasteiger partial charge in [-0.25, -0.2) is 0 Å². The Labute approximate surface area is 163 Å². The molecule has 1 atom stereocenters. The molecule has 2 heterocycles. The number of carbonyl (C=O) groups is 2. The average molecular weight is 372 g/mol. The van der Waals surface area contributed by atoms with Crippen molar-refractivity contribution in [3.63, 3.8) is 0 Å². The Balaban J connectivity index is 1.47. The zero-order valence-electron chi connectivity index (χ0n) is 16.4. The highest BCUT2D eigenvalue weighted by Gasteiger charge is 2.24. The maximum atomic E-state index is 12.4. The minimum atomic E-state index is -0.0193. The van der Waals surface area contributed by atoms with Crippen LogP contribution in [0.15, 0.2) is 30.3 Å². The van der Waals surface area contributed by atoms with Crippen molar-refractivity contribution in [3.8, 4) is 0 Å². The summed E-state index contributed by atoms with van der Waals surface area (Å²) in [6, 6.07) is 10.9. The molecule has 2 aliphatic rings. The normalized spacial score (nSPS) is 22.1. The number of nitrogens with zero attached hydrogens (tertiary/aromatic N) is 2. The molecule has 0 bridgehead atoms. The smallest absolute Gasteiger partial charge is 0.239 e. The summed E-state index contributed by atoms with van der Waals surface area (Å²) < 4.78 is 0. The average Bonchev–Trinajstić information content (AvgIpc) is 2.68. The maximum Gasteiger partial charge on any atom is 0.239 e. The Kier molecular flexibility index (Phi) is 7.69. The highest BCUT2D eigenvalue weighted by molar-refractivity contribution is 5.84. The van der Waals surface area contributed by atoms with Gasteiger partial charge < -0.3 is 10.2 Å². The number of piperidine rings is 1. The third kappa shape index (κ3) is 6.35. The van der Waals surface area contributed by atoms with E-state index in [0.29, 0.717) is 19.0 Å². The molecule has 1 aromatic rings. The van der Waals surface area contributed by atoms with Crippen molar-refractivity contribution in [1.29, 1.82) is 0 Å². The Morgan fingerprint density at radius 1 is 1.00 bits per heavy atom. The summed E-state index contributed by atoms with van der Waals surface area (Å²) in [5.41, 5.74) is 1.32. The predicted molar refractivity (Wildman–Crippen MR) is 107 cm³/mol. The number of benzene rings is 1. The van der Waals surface area contributed by atoms with Gasteiger partial charge in [-0.05, 0) is 37.8 Å². The molecule has 0 saturated carbocycles. The fourth-order valence-electron chi connectivity index (χ4n) is 4.16. The van der Waals surface area contributed by atoms with Crippen LogP contribution in [0.2, 0.25) is 0 Å². The molecule has 3 rings (SSSR count). The molecule has 0 aliphatic carbocycles. The Morgan fingerprint density at radius 3 is 2.63 bits per heavy atom. The number of hydrogen-bond donors (Lipinski definition) is 1. The first-order chi connectivity index (χ1) is 13.2. The monoisotopic (exact) mass is 371 g/mol. The predicted octanol–water partition coefficient (Wildman–Crippen LogP) is 2.95. The van der Waals surface area contributed by atoms with Gasteiger partial charge in [0.2, 0.25) is 11.8 Å². The van der Waals surface area contributed by atoms with E-state index in [4.69, 9.17) is 0 Å². The van der Waals surface area contributed by atoms with Gasteiger partial charge in [0.1, 0.15) is 0 Å². The molecule has 1 unspecified atom stereocenters. The minimum absolute atomic E-state index is 0.0193. The Morgan fingerprint density at radius 2 is 1.78 bits per heavy atom. The van der Waals surface area contributed by atoms with Crippen LogP contribution >= 0.6 is 0 Å². The van der Waals surface area contributed by atoms with Gasteiger partial charge >= 0.3 is 0 Å². The van der Waals surface area contributed by atoms with Gasteiger partial charge in [0.05, 0.1) is 6.54 Å². The van der Waals surface area contributed by atoms with Gasteiger partial charge in [-0.1, -0.05) is 49.6 Å². The van der Waals surface area contributed by atoms with Gasteiger partial charge in [-0.15, -0.1) is 0 Å². The first kappa shape index (κ1) is 19.9. The molecule has 2 aliphatic heterocycles. The van der Waals surface area contributed by atoms with Gasteiger partial charge in [0, 0.05) is 32.1 Å². The van der Waals surface area contributed by atoms with Crippen LogP contribution in [-0.2, 0) is 16.1 Å². The van der Waals surface area contributed by atoms with E-state index in [1.54, 1.807) is 4.90 Å². The van der Waals surface area contributed by atoms with Crippen LogP contribution in [0.5, 0.6) is 0 Å². The second kappa shape index (κ2) is 10.5. The molecule has 0 aromatic heterocycles. The van der Waals surface area contributed by atoms with Crippen molar-refractivity contribution in [2.24, 2.45) is 0 Å². The standard InChI is InChI=1S/C22H33N3O2/c26-21(18-25-15-8-2-1-6-13-22(25)27)23-16-20-12-7-9-14-24(20)17-19-10-4-3-5-11-19/h3-5,10-11,20H,1-2,6-9,12-18H2,(H,23,26). The lowest BCUT2D eigenvalue weighted by Crippen LogP contribution is -2.48. The molecule has 27 heavy (non-hydrogen) atoms. The second-order valence-corrected chi connectivity index (χ2v) is 7.89. The first-order valence-electron chi connectivity index (χ1n) is 10.5. The number of amides is 2. The SMILES string of the molecule is O=C(CN1CCCCCCC1=O)NCC1CCCCN1Cc1ccccc1. The summed E-state index contributed by atoms with van der Waals surface area (Å²) in [6.07, 6.45) is 8.39. The third-order valence-electron chi connectivity index (χ3n) is 5.77. The highest BCUT2D eigenvalue weighted by atomic mass is 16.2. The summed E-state index contributed by atoms with van der Waals surface area (Å²) in [5.74, 6) is 0.113. The summed E-state index contributed by atoms with van der Waals surface area (Å²) >= 11 is 0. The third-order valence-corrected chi connectivity index (χ3v) is 5.77. The van der Waals surface area contributed by atoms with Crippen molar-refractivity contribution < 1.29 is 9.59 Å². The number of hydrogen-bond acceptors (Lipinski definition) is 3. The Bertz CT molecular complexity index is 605. The fourth-order valence-corrected chi connectivity index (χ4v) is 4.16. The van der Waals surface area contributed by atoms with Gasteiger partial charge in [-0.2, -0.15) is 0 Å². The van der Waals surface area contributed by atoms with Crippen molar-refractivity contribution in [2.75, 3.05) is 26.2 Å². The van der Waals surface area contributed by atoms with Crippen LogP contribution in [0, 0.1) is 0 Å². The lowest BCUT2D eigenvalue weighted by molar-refractivity contribution is -0.136. The first-order valence-corrected chi connectivity index (χ1v) is 10.5. The van der Waals surface area contributed by atoms with E-state index in [0.717, 1.165) is 51.7 Å². The van der Waals surface area contributed by atoms with Gasteiger partial charge in [-0.3, -0.25) is 14.5 Å². The minimum Gasteiger partial charge on any atom is -0.353 e. The Hall–Kier alpha value is -1.88. The van der Waals surface area contributed by atoms with Crippen molar-refractivity contribution in [1.82, 2.24) is 15.1 Å². The second-order valence-electron chi connectivity index (χ2n) is 7.89. The van der Waals surface area contributed by atoms with Crippen LogP contribution in [0.25, 0.3) is 0 Å². The number of rotatable bonds is 6. The molecular weight excluding hydrogens is 338 g/mol. The molecule has 2 amide bonds. The van der Waals surface area contributed by atoms with Gasteiger partial charge in [0.15, 0.2) is 0 Å². The van der Waals surface area contributed by atoms with Crippen LogP contribution in [-0.4, -0.2) is 53.8 Å². The lowest BCUT2D eigenvalue weighted by Gasteiger charge is -2.36. The van der Waals surface area contributed by atoms with E-state index in [1.165, 1.54) is 18.4 Å². The van der Waals surface area contributed by atoms with Gasteiger partial charge in [0.25, 0.3) is 0 Å². The van der Waals surface area contributed by atoms with Crippen molar-refractivity contribution in [3.05, 3.63) is 35.9 Å². The molecule has 148 valence electrons. The van der Waals surface area contributed by atoms with E-state index in [2.05, 4.69) is 34.5 Å². The van der Waals surface area contributed by atoms with Crippen LogP contribution in [0.3, 0.4) is 0 Å². The molecule has 1 aromatic carbocycles. The largest absolute Gasteiger partial charge is 0.353 e. The quantitative estimate of drug-likeness (QED) is 0.836. The van der Waals surface area contributed by atoms with E-state index in [9.17, 15) is 9.59 Å². The number of likely N-dealkylation sites (tertiary alicyclic amines) is 2. The van der Waals surface area contributed by atoms with E-state index in [1.807, 2.05) is 6.07 Å². The lowest BCUT2D eigenvalue weighted by atomic mass is 10.0. The van der Waals surface area contributed by atoms with Crippen LogP contribution < -0.4 is 5.32 Å². The molecular formula is C22H33N3O2. The molecule has 2 saturated heterocycles. The summed E-state index contributed by atoms with van der Waals surface area (Å²) in [7, 11) is 0. The number of carbonyl (C=O) groups excluding carboxylic acids is 2. The van der Waals surface area contributed by atoms with E-state index < -0.39 is 0 Å². The van der Waals surface area contributed by atoms with Crippen LogP contribution in [0.1, 0.15) is 56.9 Å². The van der Waals surface area contributed by atoms with E-state index >= 15 is 0 Å². The fraction of sp³-hybridized carbons (Fsp3) is 0.636. The zero-order valence-corrected chi connectivity index (χ0v) is 16.4. The summed E-state index contributed by atoms with van der Waals surface area (Å²) in [4.78, 5) is 28.9. The van der Waals surface area contributed by atoms with Crippen molar-refractivity contribution >= 4 is 11.8 Å². The molecule has 5 heteroatoms. The zero-order chi connectivity index (χ0) is 18.9. The topological polar surface area (TPSA) is 52.7 Å². The maximum absolute atomic E-state index is 12.4. The molecule has 2 fully saturated rings. The van der Waals surface area contributed by atoms with Crippen LogP contribution in [0.4, 0.5) is 0 Å². The summed E-state index contributed by atoms with van der Waals surface area (Å²) in [6.45, 7) is 3.62. The molecule has 5 nitrogen and oxygen atoms in total. The highest BCUT2D eigenvalue weighted by Crippen LogP contribution is 2.19. The summed E-state index contributed by atoms with van der Waals surface area (Å²) in [5, 5.41) is 3.10.